The third-order valence-electron chi connectivity index (χ3n) is 4.59. The first-order valence-electron chi connectivity index (χ1n) is 8.57. The van der Waals surface area contributed by atoms with Gasteiger partial charge in [0.2, 0.25) is 5.91 Å². The summed E-state index contributed by atoms with van der Waals surface area (Å²) in [6.45, 7) is 3.20. The van der Waals surface area contributed by atoms with Gasteiger partial charge in [-0.3, -0.25) is 4.79 Å². The van der Waals surface area contributed by atoms with Crippen molar-refractivity contribution in [2.24, 2.45) is 5.92 Å². The van der Waals surface area contributed by atoms with E-state index in [-0.39, 0.29) is 18.4 Å². The molecule has 0 aromatic carbocycles. The van der Waals surface area contributed by atoms with Crippen LogP contribution in [0, 0.1) is 5.92 Å². The second kappa shape index (κ2) is 8.50. The van der Waals surface area contributed by atoms with E-state index in [1.54, 1.807) is 6.20 Å². The molecule has 2 rings (SSSR count). The van der Waals surface area contributed by atoms with Crippen LogP contribution < -0.4 is 5.32 Å². The first-order valence-corrected chi connectivity index (χ1v) is 8.57. The fourth-order valence-electron chi connectivity index (χ4n) is 3.27. The lowest BCUT2D eigenvalue weighted by Crippen LogP contribution is -2.41. The third-order valence-corrected chi connectivity index (χ3v) is 4.59. The smallest absolute Gasteiger partial charge is 0.250 e. The normalized spacial score (nSPS) is 21.1. The zero-order valence-electron chi connectivity index (χ0n) is 14.4. The maximum atomic E-state index is 13.6. The Balaban J connectivity index is 1.62. The number of carbonyl (C=O) groups excluding carboxylic acids is 1. The minimum absolute atomic E-state index is 0.0242. The number of aromatic amines is 1. The molecule has 1 saturated carbocycles. The highest BCUT2D eigenvalue weighted by Gasteiger charge is 2.43. The van der Waals surface area contributed by atoms with Gasteiger partial charge in [-0.2, -0.15) is 15.4 Å². The number of hydrogen-bond donors (Lipinski definition) is 2. The Morgan fingerprint density at radius 1 is 1.58 bits per heavy atom. The van der Waals surface area contributed by atoms with Crippen molar-refractivity contribution in [2.45, 2.75) is 57.4 Å². The second-order valence-electron chi connectivity index (χ2n) is 6.83. The highest BCUT2D eigenvalue weighted by Crippen LogP contribution is 2.42. The molecule has 136 valence electrons. The molecule has 0 radical (unpaired) electrons. The van der Waals surface area contributed by atoms with E-state index in [4.69, 9.17) is 0 Å². The summed E-state index contributed by atoms with van der Waals surface area (Å²) in [6, 6.07) is -0.0242. The molecule has 2 N–H and O–H groups in total. The molecule has 1 fully saturated rings. The molecule has 8 heteroatoms. The number of aryl methyl sites for hydroxylation is 1. The molecule has 1 amide bonds. The fraction of sp³-hybridized carbons (Fsp3) is 0.812. The molecule has 0 bridgehead atoms. The van der Waals surface area contributed by atoms with Crippen molar-refractivity contribution in [3.05, 3.63) is 11.9 Å². The van der Waals surface area contributed by atoms with E-state index in [0.29, 0.717) is 45.2 Å². The minimum atomic E-state index is -2.50. The van der Waals surface area contributed by atoms with Crippen LogP contribution in [0.1, 0.15) is 44.7 Å². The van der Waals surface area contributed by atoms with Gasteiger partial charge >= 0.3 is 0 Å². The molecule has 0 saturated heterocycles. The Kier molecular flexibility index (Phi) is 6.65. The van der Waals surface area contributed by atoms with Gasteiger partial charge in [-0.05, 0) is 39.8 Å². The van der Waals surface area contributed by atoms with E-state index in [9.17, 15) is 13.6 Å². The van der Waals surface area contributed by atoms with Gasteiger partial charge in [0.05, 0.1) is 11.9 Å². The van der Waals surface area contributed by atoms with Gasteiger partial charge in [-0.1, -0.05) is 0 Å². The largest absolute Gasteiger partial charge is 0.352 e. The van der Waals surface area contributed by atoms with Gasteiger partial charge in [0.15, 0.2) is 0 Å². The van der Waals surface area contributed by atoms with Crippen molar-refractivity contribution in [3.63, 3.8) is 0 Å². The zero-order valence-corrected chi connectivity index (χ0v) is 14.4. The van der Waals surface area contributed by atoms with Gasteiger partial charge in [0, 0.05) is 37.8 Å². The van der Waals surface area contributed by atoms with E-state index in [2.05, 4.69) is 20.7 Å². The van der Waals surface area contributed by atoms with Gasteiger partial charge in [-0.15, -0.1) is 0 Å². The number of nitrogens with one attached hydrogen (secondary N) is 2. The predicted octanol–water partition coefficient (Wildman–Crippen LogP) is 2.00. The Morgan fingerprint density at radius 2 is 2.38 bits per heavy atom. The summed E-state index contributed by atoms with van der Waals surface area (Å²) in [7, 11) is 1.91. The lowest BCUT2D eigenvalue weighted by molar-refractivity contribution is -0.121. The number of carbonyl (C=O) groups is 1. The van der Waals surface area contributed by atoms with Crippen molar-refractivity contribution in [3.8, 4) is 0 Å². The summed E-state index contributed by atoms with van der Waals surface area (Å²) in [6.07, 6.45) is 4.28. The van der Waals surface area contributed by atoms with Gasteiger partial charge in [0.1, 0.15) is 0 Å². The number of amides is 1. The number of rotatable bonds is 9. The second-order valence-corrected chi connectivity index (χ2v) is 6.83. The summed E-state index contributed by atoms with van der Waals surface area (Å²) >= 11 is 0. The number of hydrogen-bond acceptors (Lipinski definition) is 4. The first-order chi connectivity index (χ1) is 11.4. The van der Waals surface area contributed by atoms with Crippen LogP contribution in [0.15, 0.2) is 6.20 Å². The highest BCUT2D eigenvalue weighted by atomic mass is 19.3. The molecule has 1 aliphatic carbocycles. The molecule has 0 spiro atoms. The van der Waals surface area contributed by atoms with E-state index in [0.717, 1.165) is 5.69 Å². The third kappa shape index (κ3) is 5.81. The summed E-state index contributed by atoms with van der Waals surface area (Å²) in [5.74, 6) is -3.03. The molecular formula is C16H27F2N5O. The average Bonchev–Trinajstić information content (AvgIpc) is 3.12. The molecule has 2 atom stereocenters. The minimum Gasteiger partial charge on any atom is -0.352 e. The number of likely N-dealkylation sites (N-methyl/N-ethyl adjacent to an activating group) is 1. The zero-order chi connectivity index (χ0) is 17.6. The first kappa shape index (κ1) is 18.8. The SMILES string of the molecule is CC(CN(C)CCC1CCCC1(F)F)NC(=O)CCc1cn[nH]n1. The Morgan fingerprint density at radius 3 is 3.00 bits per heavy atom. The average molecular weight is 343 g/mol. The van der Waals surface area contributed by atoms with Crippen molar-refractivity contribution in [2.75, 3.05) is 20.1 Å². The van der Waals surface area contributed by atoms with Crippen molar-refractivity contribution in [1.82, 2.24) is 25.6 Å². The predicted molar refractivity (Wildman–Crippen MR) is 86.7 cm³/mol. The maximum Gasteiger partial charge on any atom is 0.250 e. The molecule has 1 heterocycles. The van der Waals surface area contributed by atoms with Gasteiger partial charge < -0.3 is 10.2 Å². The van der Waals surface area contributed by atoms with Gasteiger partial charge in [-0.25, -0.2) is 8.78 Å². The lowest BCUT2D eigenvalue weighted by atomic mass is 10.0. The monoisotopic (exact) mass is 343 g/mol. The summed E-state index contributed by atoms with van der Waals surface area (Å²) in [5.41, 5.74) is 0.757. The molecule has 1 aromatic heterocycles. The van der Waals surface area contributed by atoms with Crippen molar-refractivity contribution >= 4 is 5.91 Å². The maximum absolute atomic E-state index is 13.6. The van der Waals surface area contributed by atoms with E-state index >= 15 is 0 Å². The van der Waals surface area contributed by atoms with E-state index in [1.807, 2.05) is 18.9 Å². The van der Waals surface area contributed by atoms with E-state index < -0.39 is 11.8 Å². The van der Waals surface area contributed by atoms with Gasteiger partial charge in [0.25, 0.3) is 5.92 Å². The number of alkyl halides is 2. The molecule has 24 heavy (non-hydrogen) atoms. The summed E-state index contributed by atoms with van der Waals surface area (Å²) in [5, 5.41) is 13.0. The van der Waals surface area contributed by atoms with Crippen LogP contribution in [0.25, 0.3) is 0 Å². The fourth-order valence-corrected chi connectivity index (χ4v) is 3.27. The number of nitrogens with zero attached hydrogens (tertiary/aromatic N) is 3. The van der Waals surface area contributed by atoms with Crippen LogP contribution >= 0.6 is 0 Å². The van der Waals surface area contributed by atoms with Crippen molar-refractivity contribution < 1.29 is 13.6 Å². The Hall–Kier alpha value is -1.57. The lowest BCUT2D eigenvalue weighted by Gasteiger charge is -2.25. The summed E-state index contributed by atoms with van der Waals surface area (Å²) < 4.78 is 27.2. The van der Waals surface area contributed by atoms with Crippen molar-refractivity contribution in [1.29, 1.82) is 0 Å². The number of aromatic nitrogens is 3. The van der Waals surface area contributed by atoms with E-state index in [1.165, 1.54) is 0 Å². The topological polar surface area (TPSA) is 73.9 Å². The molecule has 2 unspecified atom stereocenters. The molecule has 0 aliphatic heterocycles. The molecule has 1 aliphatic rings. The van der Waals surface area contributed by atoms with Crippen LogP contribution in [0.3, 0.4) is 0 Å². The van der Waals surface area contributed by atoms with Crippen LogP contribution in [-0.4, -0.2) is 58.3 Å². The Labute approximate surface area is 141 Å². The molecular weight excluding hydrogens is 316 g/mol. The number of halogens is 2. The molecule has 6 nitrogen and oxygen atoms in total. The molecule has 1 aromatic rings. The van der Waals surface area contributed by atoms with Crippen LogP contribution in [0.2, 0.25) is 0 Å². The standard InChI is InChI=1S/C16H27F2N5O/c1-12(20-15(24)6-5-14-10-19-22-21-14)11-23(2)9-7-13-4-3-8-16(13,17)18/h10,12-13H,3-9,11H2,1-2H3,(H,20,24)(H,19,21,22). The highest BCUT2D eigenvalue weighted by molar-refractivity contribution is 5.76. The Bertz CT molecular complexity index is 509. The van der Waals surface area contributed by atoms with Crippen LogP contribution in [-0.2, 0) is 11.2 Å². The summed E-state index contributed by atoms with van der Waals surface area (Å²) in [4.78, 5) is 13.9. The van der Waals surface area contributed by atoms with Crippen LogP contribution in [0.5, 0.6) is 0 Å². The number of H-pyrrole nitrogens is 1. The quantitative estimate of drug-likeness (QED) is 0.719. The van der Waals surface area contributed by atoms with Crippen LogP contribution in [0.4, 0.5) is 8.78 Å².